The fraction of sp³-hybridized carbons (Fsp3) is 0.364. The summed E-state index contributed by atoms with van der Waals surface area (Å²) in [6.07, 6.45) is 1.64. The minimum absolute atomic E-state index is 0.0310. The van der Waals surface area contributed by atoms with Crippen molar-refractivity contribution in [1.82, 2.24) is 4.90 Å². The van der Waals surface area contributed by atoms with Gasteiger partial charge in [-0.25, -0.2) is 0 Å². The number of hydrogen-bond donors (Lipinski definition) is 0. The summed E-state index contributed by atoms with van der Waals surface area (Å²) in [6.45, 7) is 2.76. The molecule has 2 aromatic carbocycles. The van der Waals surface area contributed by atoms with Crippen molar-refractivity contribution in [3.05, 3.63) is 66.2 Å². The van der Waals surface area contributed by atoms with Crippen LogP contribution in [0.15, 0.2) is 60.7 Å². The lowest BCUT2D eigenvalue weighted by Crippen LogP contribution is -2.33. The first-order chi connectivity index (χ1) is 12.6. The van der Waals surface area contributed by atoms with Crippen molar-refractivity contribution in [2.45, 2.75) is 19.3 Å². The monoisotopic (exact) mass is 350 g/mol. The van der Waals surface area contributed by atoms with E-state index in [1.54, 1.807) is 17.0 Å². The van der Waals surface area contributed by atoms with Gasteiger partial charge < -0.3 is 9.80 Å². The highest BCUT2D eigenvalue weighted by molar-refractivity contribution is 5.97. The number of para-hydroxylation sites is 1. The molecular weight excluding hydrogens is 324 g/mol. The van der Waals surface area contributed by atoms with Crippen LogP contribution in [0.1, 0.15) is 29.6 Å². The van der Waals surface area contributed by atoms with Gasteiger partial charge in [0.05, 0.1) is 0 Å². The summed E-state index contributed by atoms with van der Waals surface area (Å²) in [5.74, 6) is 0.560. The molecule has 1 heterocycles. The average Bonchev–Trinajstić information content (AvgIpc) is 3.15. The van der Waals surface area contributed by atoms with Crippen LogP contribution >= 0.6 is 0 Å². The van der Waals surface area contributed by atoms with Crippen molar-refractivity contribution in [1.29, 1.82) is 0 Å². The predicted octanol–water partition coefficient (Wildman–Crippen LogP) is 3.63. The molecule has 136 valence electrons. The summed E-state index contributed by atoms with van der Waals surface area (Å²) in [6, 6.07) is 19.6. The maximum Gasteiger partial charge on any atom is 0.222 e. The maximum absolute atomic E-state index is 12.4. The number of carbonyl (C=O) groups is 2. The van der Waals surface area contributed by atoms with Crippen molar-refractivity contribution in [3.63, 3.8) is 0 Å². The minimum atomic E-state index is 0.0310. The van der Waals surface area contributed by atoms with Gasteiger partial charge in [0.1, 0.15) is 0 Å². The molecule has 0 aromatic heterocycles. The van der Waals surface area contributed by atoms with E-state index in [1.807, 2.05) is 31.3 Å². The Morgan fingerprint density at radius 1 is 1.00 bits per heavy atom. The molecule has 0 saturated carbocycles. The summed E-state index contributed by atoms with van der Waals surface area (Å²) in [5.41, 5.74) is 1.93. The molecule has 1 fully saturated rings. The zero-order valence-corrected chi connectivity index (χ0v) is 15.3. The van der Waals surface area contributed by atoms with E-state index in [0.29, 0.717) is 11.5 Å². The molecule has 4 heteroatoms. The second-order valence-electron chi connectivity index (χ2n) is 7.00. The van der Waals surface area contributed by atoms with Gasteiger partial charge in [0, 0.05) is 50.8 Å². The topological polar surface area (TPSA) is 40.6 Å². The molecule has 26 heavy (non-hydrogen) atoms. The third-order valence-corrected chi connectivity index (χ3v) is 5.03. The predicted molar refractivity (Wildman–Crippen MR) is 104 cm³/mol. The van der Waals surface area contributed by atoms with Gasteiger partial charge in [0.25, 0.3) is 0 Å². The molecule has 0 N–H and O–H groups in total. The Labute approximate surface area is 155 Å². The molecule has 0 radical (unpaired) electrons. The van der Waals surface area contributed by atoms with Crippen molar-refractivity contribution < 1.29 is 9.59 Å². The van der Waals surface area contributed by atoms with Crippen molar-refractivity contribution in [3.8, 4) is 0 Å². The number of rotatable bonds is 7. The van der Waals surface area contributed by atoms with Crippen LogP contribution in [0.2, 0.25) is 0 Å². The fourth-order valence-corrected chi connectivity index (χ4v) is 3.52. The van der Waals surface area contributed by atoms with E-state index < -0.39 is 0 Å². The molecule has 0 unspecified atom stereocenters. The first-order valence-electron chi connectivity index (χ1n) is 9.25. The number of carbonyl (C=O) groups excluding carboxylic acids is 2. The highest BCUT2D eigenvalue weighted by Gasteiger charge is 2.25. The molecule has 2 aromatic rings. The van der Waals surface area contributed by atoms with E-state index in [1.165, 1.54) is 5.69 Å². The van der Waals surface area contributed by atoms with Crippen LogP contribution in [0.5, 0.6) is 0 Å². The standard InChI is InChI=1S/C22H26N2O2/c1-23(22(26)13-12-21(25)19-8-4-2-5-9-19)16-18-14-15-24(17-18)20-10-6-3-7-11-20/h2-11,18H,12-17H2,1H3/t18-/m0/s1. The van der Waals surface area contributed by atoms with Gasteiger partial charge in [-0.2, -0.15) is 0 Å². The van der Waals surface area contributed by atoms with E-state index in [4.69, 9.17) is 0 Å². The Balaban J connectivity index is 1.44. The van der Waals surface area contributed by atoms with Gasteiger partial charge >= 0.3 is 0 Å². The summed E-state index contributed by atoms with van der Waals surface area (Å²) >= 11 is 0. The second kappa shape index (κ2) is 8.65. The van der Waals surface area contributed by atoms with Crippen LogP contribution < -0.4 is 4.90 Å². The average molecular weight is 350 g/mol. The lowest BCUT2D eigenvalue weighted by Gasteiger charge is -2.22. The number of ketones is 1. The first kappa shape index (κ1) is 18.2. The van der Waals surface area contributed by atoms with E-state index in [9.17, 15) is 9.59 Å². The van der Waals surface area contributed by atoms with Crippen LogP contribution in [0.25, 0.3) is 0 Å². The number of amides is 1. The molecule has 1 saturated heterocycles. The van der Waals surface area contributed by atoms with Crippen LogP contribution in [0.4, 0.5) is 5.69 Å². The van der Waals surface area contributed by atoms with E-state index in [-0.39, 0.29) is 24.5 Å². The molecule has 1 aliphatic rings. The minimum Gasteiger partial charge on any atom is -0.371 e. The Bertz CT molecular complexity index is 730. The maximum atomic E-state index is 12.4. The third kappa shape index (κ3) is 4.72. The lowest BCUT2D eigenvalue weighted by atomic mass is 10.1. The smallest absolute Gasteiger partial charge is 0.222 e. The van der Waals surface area contributed by atoms with Gasteiger partial charge in [0.2, 0.25) is 5.91 Å². The Kier molecular flexibility index (Phi) is 6.05. The number of benzene rings is 2. The third-order valence-electron chi connectivity index (χ3n) is 5.03. The fourth-order valence-electron chi connectivity index (χ4n) is 3.52. The summed E-state index contributed by atoms with van der Waals surface area (Å²) in [4.78, 5) is 28.7. The Morgan fingerprint density at radius 2 is 1.65 bits per heavy atom. The zero-order chi connectivity index (χ0) is 18.4. The van der Waals surface area contributed by atoms with Gasteiger partial charge in [0.15, 0.2) is 5.78 Å². The largest absolute Gasteiger partial charge is 0.371 e. The number of hydrogen-bond acceptors (Lipinski definition) is 3. The second-order valence-corrected chi connectivity index (χ2v) is 7.00. The summed E-state index contributed by atoms with van der Waals surface area (Å²) in [7, 11) is 1.85. The molecule has 3 rings (SSSR count). The zero-order valence-electron chi connectivity index (χ0n) is 15.3. The molecule has 0 bridgehead atoms. The van der Waals surface area contributed by atoms with Crippen LogP contribution in [-0.2, 0) is 4.79 Å². The Hall–Kier alpha value is -2.62. The molecule has 1 atom stereocenters. The van der Waals surface area contributed by atoms with Crippen molar-refractivity contribution >= 4 is 17.4 Å². The van der Waals surface area contributed by atoms with Gasteiger partial charge in [-0.05, 0) is 24.5 Å². The molecular formula is C22H26N2O2. The van der Waals surface area contributed by atoms with Crippen LogP contribution in [0, 0.1) is 5.92 Å². The van der Waals surface area contributed by atoms with Gasteiger partial charge in [-0.15, -0.1) is 0 Å². The summed E-state index contributed by atoms with van der Waals surface area (Å²) < 4.78 is 0. The summed E-state index contributed by atoms with van der Waals surface area (Å²) in [5, 5.41) is 0. The highest BCUT2D eigenvalue weighted by Crippen LogP contribution is 2.24. The highest BCUT2D eigenvalue weighted by atomic mass is 16.2. The van der Waals surface area contributed by atoms with E-state index in [0.717, 1.165) is 26.1 Å². The molecule has 0 spiro atoms. The first-order valence-corrected chi connectivity index (χ1v) is 9.25. The molecule has 4 nitrogen and oxygen atoms in total. The van der Waals surface area contributed by atoms with Gasteiger partial charge in [-0.3, -0.25) is 9.59 Å². The molecule has 1 aliphatic heterocycles. The van der Waals surface area contributed by atoms with E-state index in [2.05, 4.69) is 29.2 Å². The van der Waals surface area contributed by atoms with Crippen LogP contribution in [0.3, 0.4) is 0 Å². The lowest BCUT2D eigenvalue weighted by molar-refractivity contribution is -0.130. The number of Topliss-reactive ketones (excluding diaryl/α,β-unsaturated/α-hetero) is 1. The normalized spacial score (nSPS) is 16.5. The van der Waals surface area contributed by atoms with Gasteiger partial charge in [-0.1, -0.05) is 48.5 Å². The molecule has 1 amide bonds. The van der Waals surface area contributed by atoms with Crippen molar-refractivity contribution in [2.75, 3.05) is 31.6 Å². The quantitative estimate of drug-likeness (QED) is 0.716. The van der Waals surface area contributed by atoms with E-state index >= 15 is 0 Å². The molecule has 0 aliphatic carbocycles. The van der Waals surface area contributed by atoms with Crippen molar-refractivity contribution in [2.24, 2.45) is 5.92 Å². The Morgan fingerprint density at radius 3 is 2.35 bits per heavy atom. The van der Waals surface area contributed by atoms with Crippen LogP contribution in [-0.4, -0.2) is 43.3 Å². The number of nitrogens with zero attached hydrogens (tertiary/aromatic N) is 2. The number of anilines is 1. The SMILES string of the molecule is CN(C[C@@H]1CCN(c2ccccc2)C1)C(=O)CCC(=O)c1ccccc1.